The van der Waals surface area contributed by atoms with Crippen LogP contribution in [0.5, 0.6) is 5.75 Å². The monoisotopic (exact) mass is 315 g/mol. The van der Waals surface area contributed by atoms with Crippen molar-refractivity contribution in [3.8, 4) is 5.75 Å². The van der Waals surface area contributed by atoms with Crippen molar-refractivity contribution in [1.29, 1.82) is 0 Å². The van der Waals surface area contributed by atoms with Gasteiger partial charge in [-0.25, -0.2) is 4.79 Å². The predicted molar refractivity (Wildman–Crippen MR) is 84.0 cm³/mol. The third kappa shape index (κ3) is 4.06. The van der Waals surface area contributed by atoms with Crippen LogP contribution in [-0.2, 0) is 11.3 Å². The predicted octanol–water partition coefficient (Wildman–Crippen LogP) is 1.92. The van der Waals surface area contributed by atoms with Crippen molar-refractivity contribution >= 4 is 11.8 Å². The number of carbonyl (C=O) groups excluding carboxylic acids is 2. The molecule has 0 saturated heterocycles. The Morgan fingerprint density at radius 3 is 2.57 bits per heavy atom. The molecule has 6 nitrogen and oxygen atoms in total. The second-order valence-electron chi connectivity index (χ2n) is 4.84. The number of ether oxygens (including phenoxy) is 2. The maximum Gasteiger partial charge on any atom is 0.339 e. The van der Waals surface area contributed by atoms with Crippen molar-refractivity contribution in [3.05, 3.63) is 64.1 Å². The Hall–Kier alpha value is -2.89. The number of esters is 1. The van der Waals surface area contributed by atoms with Gasteiger partial charge in [0.05, 0.1) is 24.8 Å². The van der Waals surface area contributed by atoms with Crippen LogP contribution in [-0.4, -0.2) is 30.0 Å². The Kier molecular flexibility index (Phi) is 5.30. The molecule has 1 heterocycles. The fraction of sp³-hybridized carbons (Fsp3) is 0.235. The molecule has 1 aromatic carbocycles. The minimum Gasteiger partial charge on any atom is -0.491 e. The molecule has 0 aliphatic heterocycles. The van der Waals surface area contributed by atoms with E-state index in [0.717, 1.165) is 0 Å². The average Bonchev–Trinajstić information content (AvgIpc) is 2.56. The van der Waals surface area contributed by atoms with E-state index in [9.17, 15) is 14.4 Å². The highest BCUT2D eigenvalue weighted by Crippen LogP contribution is 2.18. The standard InChI is InChI=1S/C17H17NO5/c1-12(19)14-5-3-4-6-15(14)23-10-9-18-11-13(17(21)22-2)7-8-16(18)20/h3-8,11H,9-10H2,1-2H3. The zero-order chi connectivity index (χ0) is 16.8. The van der Waals surface area contributed by atoms with Crippen molar-refractivity contribution in [1.82, 2.24) is 4.57 Å². The molecule has 6 heteroatoms. The Labute approximate surface area is 133 Å². The van der Waals surface area contributed by atoms with Crippen molar-refractivity contribution in [2.45, 2.75) is 13.5 Å². The van der Waals surface area contributed by atoms with Gasteiger partial charge >= 0.3 is 5.97 Å². The van der Waals surface area contributed by atoms with Crippen LogP contribution in [0.15, 0.2) is 47.4 Å². The van der Waals surface area contributed by atoms with Crippen LogP contribution < -0.4 is 10.3 Å². The summed E-state index contributed by atoms with van der Waals surface area (Å²) in [6.45, 7) is 1.90. The van der Waals surface area contributed by atoms with Crippen LogP contribution in [0.25, 0.3) is 0 Å². The van der Waals surface area contributed by atoms with Gasteiger partial charge in [0.15, 0.2) is 5.78 Å². The summed E-state index contributed by atoms with van der Waals surface area (Å²) in [4.78, 5) is 34.8. The highest BCUT2D eigenvalue weighted by atomic mass is 16.5. The van der Waals surface area contributed by atoms with E-state index in [1.165, 1.54) is 36.9 Å². The van der Waals surface area contributed by atoms with E-state index in [1.807, 2.05) is 0 Å². The molecule has 120 valence electrons. The van der Waals surface area contributed by atoms with Crippen LogP contribution in [0, 0.1) is 0 Å². The number of methoxy groups -OCH3 is 1. The number of ketones is 1. The van der Waals surface area contributed by atoms with Gasteiger partial charge in [-0.2, -0.15) is 0 Å². The quantitative estimate of drug-likeness (QED) is 0.601. The summed E-state index contributed by atoms with van der Waals surface area (Å²) in [5, 5.41) is 0. The molecule has 0 aliphatic rings. The summed E-state index contributed by atoms with van der Waals surface area (Å²) >= 11 is 0. The molecule has 0 spiro atoms. The Morgan fingerprint density at radius 1 is 1.13 bits per heavy atom. The summed E-state index contributed by atoms with van der Waals surface area (Å²) in [6.07, 6.45) is 1.43. The lowest BCUT2D eigenvalue weighted by Gasteiger charge is -2.11. The molecule has 23 heavy (non-hydrogen) atoms. The maximum absolute atomic E-state index is 11.8. The molecule has 0 atom stereocenters. The van der Waals surface area contributed by atoms with Gasteiger partial charge < -0.3 is 14.0 Å². The minimum atomic E-state index is -0.512. The van der Waals surface area contributed by atoms with Gasteiger partial charge in [-0.05, 0) is 25.1 Å². The van der Waals surface area contributed by atoms with Gasteiger partial charge in [-0.1, -0.05) is 12.1 Å². The van der Waals surface area contributed by atoms with Gasteiger partial charge in [0, 0.05) is 12.3 Å². The molecule has 0 N–H and O–H groups in total. The highest BCUT2D eigenvalue weighted by Gasteiger charge is 2.09. The molecule has 0 amide bonds. The first-order valence-corrected chi connectivity index (χ1v) is 7.04. The number of Topliss-reactive ketones (excluding diaryl/α,β-unsaturated/α-hetero) is 1. The molecule has 0 bridgehead atoms. The largest absolute Gasteiger partial charge is 0.491 e. The number of pyridine rings is 1. The first-order valence-electron chi connectivity index (χ1n) is 7.04. The van der Waals surface area contributed by atoms with E-state index in [2.05, 4.69) is 4.74 Å². The molecule has 0 radical (unpaired) electrons. The number of hydrogen-bond donors (Lipinski definition) is 0. The number of nitrogens with zero attached hydrogens (tertiary/aromatic N) is 1. The third-order valence-corrected chi connectivity index (χ3v) is 3.26. The molecular weight excluding hydrogens is 298 g/mol. The fourth-order valence-electron chi connectivity index (χ4n) is 2.08. The van der Waals surface area contributed by atoms with E-state index in [0.29, 0.717) is 11.3 Å². The first-order chi connectivity index (χ1) is 11.0. The average molecular weight is 315 g/mol. The summed E-state index contributed by atoms with van der Waals surface area (Å²) in [6, 6.07) is 9.62. The topological polar surface area (TPSA) is 74.6 Å². The third-order valence-electron chi connectivity index (χ3n) is 3.26. The number of hydrogen-bond acceptors (Lipinski definition) is 5. The lowest BCUT2D eigenvalue weighted by Crippen LogP contribution is -2.23. The molecule has 2 aromatic rings. The van der Waals surface area contributed by atoms with E-state index >= 15 is 0 Å². The first kappa shape index (κ1) is 16.5. The molecule has 2 rings (SSSR count). The van der Waals surface area contributed by atoms with E-state index in [-0.39, 0.29) is 30.1 Å². The van der Waals surface area contributed by atoms with Crippen LogP contribution in [0.4, 0.5) is 0 Å². The number of benzene rings is 1. The van der Waals surface area contributed by atoms with Gasteiger partial charge in [0.25, 0.3) is 5.56 Å². The second-order valence-corrected chi connectivity index (χ2v) is 4.84. The van der Waals surface area contributed by atoms with Gasteiger partial charge in [-0.15, -0.1) is 0 Å². The van der Waals surface area contributed by atoms with Crippen LogP contribution in [0.3, 0.4) is 0 Å². The SMILES string of the molecule is COC(=O)c1ccc(=O)n(CCOc2ccccc2C(C)=O)c1. The summed E-state index contributed by atoms with van der Waals surface area (Å²) < 4.78 is 11.6. The lowest BCUT2D eigenvalue weighted by molar-refractivity contribution is 0.0599. The molecular formula is C17H17NO5. The highest BCUT2D eigenvalue weighted by molar-refractivity contribution is 5.96. The van der Waals surface area contributed by atoms with Crippen molar-refractivity contribution in [2.24, 2.45) is 0 Å². The van der Waals surface area contributed by atoms with E-state index in [4.69, 9.17) is 4.74 Å². The van der Waals surface area contributed by atoms with Crippen molar-refractivity contribution in [2.75, 3.05) is 13.7 Å². The van der Waals surface area contributed by atoms with Crippen molar-refractivity contribution < 1.29 is 19.1 Å². The summed E-state index contributed by atoms with van der Waals surface area (Å²) in [7, 11) is 1.28. The molecule has 0 unspecified atom stereocenters. The molecule has 0 fully saturated rings. The molecule has 0 saturated carbocycles. The Balaban J connectivity index is 2.09. The number of carbonyl (C=O) groups is 2. The fourth-order valence-corrected chi connectivity index (χ4v) is 2.08. The zero-order valence-corrected chi connectivity index (χ0v) is 12.9. The number of para-hydroxylation sites is 1. The van der Waals surface area contributed by atoms with Gasteiger partial charge in [0.1, 0.15) is 12.4 Å². The maximum atomic E-state index is 11.8. The van der Waals surface area contributed by atoms with Gasteiger partial charge in [-0.3, -0.25) is 9.59 Å². The normalized spacial score (nSPS) is 10.2. The van der Waals surface area contributed by atoms with Crippen LogP contribution >= 0.6 is 0 Å². The van der Waals surface area contributed by atoms with E-state index < -0.39 is 5.97 Å². The van der Waals surface area contributed by atoms with Gasteiger partial charge in [0.2, 0.25) is 0 Å². The summed E-state index contributed by atoms with van der Waals surface area (Å²) in [5.74, 6) is -0.135. The second kappa shape index (κ2) is 7.40. The zero-order valence-electron chi connectivity index (χ0n) is 12.9. The number of rotatable bonds is 6. The minimum absolute atomic E-state index is 0.0922. The lowest BCUT2D eigenvalue weighted by atomic mass is 10.1. The van der Waals surface area contributed by atoms with E-state index in [1.54, 1.807) is 24.3 Å². The van der Waals surface area contributed by atoms with Crippen LogP contribution in [0.1, 0.15) is 27.6 Å². The Bertz CT molecular complexity index is 779. The molecule has 0 aliphatic carbocycles. The number of aromatic nitrogens is 1. The van der Waals surface area contributed by atoms with Crippen molar-refractivity contribution in [3.63, 3.8) is 0 Å². The van der Waals surface area contributed by atoms with Crippen LogP contribution in [0.2, 0.25) is 0 Å². The Morgan fingerprint density at radius 2 is 1.87 bits per heavy atom. The molecule has 1 aromatic heterocycles. The summed E-state index contributed by atoms with van der Waals surface area (Å²) in [5.41, 5.74) is 0.528. The smallest absolute Gasteiger partial charge is 0.339 e.